The molecule has 6 nitrogen and oxygen atoms in total. The maximum absolute atomic E-state index is 11.3. The molecule has 8 heteroatoms. The number of aliphatic imine (C=N–C) groups is 1. The number of halogens is 1. The zero-order valence-corrected chi connectivity index (χ0v) is 14.6. The van der Waals surface area contributed by atoms with E-state index in [1.54, 1.807) is 31.4 Å². The number of nitrogens with zero attached hydrogens (tertiary/aromatic N) is 1. The fourth-order valence-corrected chi connectivity index (χ4v) is 1.99. The largest absolute Gasteiger partial charge is 0.383 e. The maximum atomic E-state index is 11.3. The van der Waals surface area contributed by atoms with Gasteiger partial charge in [0.1, 0.15) is 0 Å². The van der Waals surface area contributed by atoms with Crippen LogP contribution in [0.4, 0.5) is 0 Å². The van der Waals surface area contributed by atoms with Gasteiger partial charge in [-0.15, -0.1) is 24.0 Å². The second-order valence-corrected chi connectivity index (χ2v) is 6.05. The van der Waals surface area contributed by atoms with Crippen LogP contribution < -0.4 is 11.1 Å². The lowest BCUT2D eigenvalue weighted by atomic mass is 10.2. The van der Waals surface area contributed by atoms with E-state index in [4.69, 9.17) is 10.5 Å². The zero-order valence-electron chi connectivity index (χ0n) is 11.5. The summed E-state index contributed by atoms with van der Waals surface area (Å²) in [6.45, 7) is 1.55. The molecule has 0 atom stereocenters. The molecule has 0 heterocycles. The standard InChI is InChI=1S/C12H19N3O3S.HI/c1-18-8-7-14-12(13)15-9-10-3-5-11(6-4-10)19(2,16)17;/h3-6H,7-9H2,1-2H3,(H3,13,14,15);1H. The molecule has 0 aliphatic carbocycles. The third-order valence-electron chi connectivity index (χ3n) is 2.40. The van der Waals surface area contributed by atoms with Crippen molar-refractivity contribution in [1.29, 1.82) is 0 Å². The van der Waals surface area contributed by atoms with Crippen LogP contribution in [0.15, 0.2) is 34.2 Å². The molecule has 0 bridgehead atoms. The van der Waals surface area contributed by atoms with Crippen molar-refractivity contribution in [1.82, 2.24) is 5.32 Å². The van der Waals surface area contributed by atoms with E-state index in [0.717, 1.165) is 5.56 Å². The normalized spacial score (nSPS) is 11.8. The smallest absolute Gasteiger partial charge is 0.188 e. The van der Waals surface area contributed by atoms with E-state index in [1.165, 1.54) is 6.26 Å². The second kappa shape index (κ2) is 9.14. The van der Waals surface area contributed by atoms with E-state index < -0.39 is 9.84 Å². The molecule has 114 valence electrons. The van der Waals surface area contributed by atoms with Crippen molar-refractivity contribution in [2.45, 2.75) is 11.4 Å². The predicted molar refractivity (Wildman–Crippen MR) is 90.2 cm³/mol. The average molecular weight is 413 g/mol. The predicted octanol–water partition coefficient (Wildman–Crippen LogP) is 0.759. The lowest BCUT2D eigenvalue weighted by molar-refractivity contribution is 0.204. The molecule has 0 aromatic heterocycles. The Morgan fingerprint density at radius 3 is 2.45 bits per heavy atom. The van der Waals surface area contributed by atoms with Crippen LogP contribution in [0, 0.1) is 0 Å². The van der Waals surface area contributed by atoms with Crippen molar-refractivity contribution >= 4 is 39.8 Å². The van der Waals surface area contributed by atoms with E-state index in [-0.39, 0.29) is 24.0 Å². The van der Waals surface area contributed by atoms with E-state index in [2.05, 4.69) is 10.3 Å². The molecule has 20 heavy (non-hydrogen) atoms. The Labute approximate surface area is 136 Å². The molecule has 1 aromatic rings. The highest BCUT2D eigenvalue weighted by molar-refractivity contribution is 14.0. The summed E-state index contributed by atoms with van der Waals surface area (Å²) in [5.74, 6) is 0.337. The van der Waals surface area contributed by atoms with Crippen molar-refractivity contribution in [2.24, 2.45) is 10.7 Å². The first-order valence-electron chi connectivity index (χ1n) is 5.75. The molecule has 0 fully saturated rings. The Hall–Kier alpha value is -0.870. The van der Waals surface area contributed by atoms with Crippen molar-refractivity contribution in [3.05, 3.63) is 29.8 Å². The van der Waals surface area contributed by atoms with Gasteiger partial charge < -0.3 is 15.8 Å². The Kier molecular flexibility index (Phi) is 8.74. The van der Waals surface area contributed by atoms with E-state index >= 15 is 0 Å². The fraction of sp³-hybridized carbons (Fsp3) is 0.417. The van der Waals surface area contributed by atoms with Crippen molar-refractivity contribution in [3.8, 4) is 0 Å². The number of hydrogen-bond donors (Lipinski definition) is 2. The van der Waals surface area contributed by atoms with Crippen molar-refractivity contribution in [3.63, 3.8) is 0 Å². The molecule has 1 aromatic carbocycles. The zero-order chi connectivity index (χ0) is 14.3. The van der Waals surface area contributed by atoms with E-state index in [1.807, 2.05) is 0 Å². The molecule has 0 spiro atoms. The third kappa shape index (κ3) is 7.06. The quantitative estimate of drug-likeness (QED) is 0.311. The highest BCUT2D eigenvalue weighted by atomic mass is 127. The summed E-state index contributed by atoms with van der Waals surface area (Å²) in [6, 6.07) is 6.58. The summed E-state index contributed by atoms with van der Waals surface area (Å²) in [7, 11) is -1.54. The minimum atomic E-state index is -3.15. The van der Waals surface area contributed by atoms with Gasteiger partial charge in [-0.05, 0) is 17.7 Å². The highest BCUT2D eigenvalue weighted by Crippen LogP contribution is 2.10. The lowest BCUT2D eigenvalue weighted by Crippen LogP contribution is -2.34. The Bertz CT molecular complexity index is 529. The minimum Gasteiger partial charge on any atom is -0.383 e. The van der Waals surface area contributed by atoms with Crippen LogP contribution in [-0.4, -0.2) is 40.9 Å². The van der Waals surface area contributed by atoms with Gasteiger partial charge in [0.25, 0.3) is 0 Å². The Balaban J connectivity index is 0.00000361. The topological polar surface area (TPSA) is 93.8 Å². The number of benzene rings is 1. The monoisotopic (exact) mass is 413 g/mol. The molecule has 0 saturated heterocycles. The third-order valence-corrected chi connectivity index (χ3v) is 3.52. The molecule has 0 aliphatic rings. The van der Waals surface area contributed by atoms with Crippen LogP contribution >= 0.6 is 24.0 Å². The van der Waals surface area contributed by atoms with Crippen LogP contribution in [0.2, 0.25) is 0 Å². The molecule has 1 rings (SSSR count). The minimum absolute atomic E-state index is 0. The average Bonchev–Trinajstić information content (AvgIpc) is 2.36. The van der Waals surface area contributed by atoms with Gasteiger partial charge >= 0.3 is 0 Å². The molecule has 0 amide bonds. The van der Waals surface area contributed by atoms with Crippen LogP contribution in [0.3, 0.4) is 0 Å². The SMILES string of the molecule is COCCNC(N)=NCc1ccc(S(C)(=O)=O)cc1.I. The second-order valence-electron chi connectivity index (χ2n) is 4.04. The van der Waals surface area contributed by atoms with Crippen LogP contribution in [0.25, 0.3) is 0 Å². The Morgan fingerprint density at radius 1 is 1.35 bits per heavy atom. The van der Waals surface area contributed by atoms with Gasteiger partial charge in [0.15, 0.2) is 15.8 Å². The van der Waals surface area contributed by atoms with Crippen LogP contribution in [-0.2, 0) is 21.1 Å². The number of nitrogens with two attached hydrogens (primary N) is 1. The first-order chi connectivity index (χ1) is 8.93. The van der Waals surface area contributed by atoms with Crippen LogP contribution in [0.5, 0.6) is 0 Å². The number of sulfone groups is 1. The maximum Gasteiger partial charge on any atom is 0.188 e. The summed E-state index contributed by atoms with van der Waals surface area (Å²) in [5, 5.41) is 2.90. The molecule has 0 radical (unpaired) electrons. The number of hydrogen-bond acceptors (Lipinski definition) is 4. The van der Waals surface area contributed by atoms with Gasteiger partial charge in [0.05, 0.1) is 18.0 Å². The summed E-state index contributed by atoms with van der Waals surface area (Å²) in [5.41, 5.74) is 6.54. The number of ether oxygens (including phenoxy) is 1. The van der Waals surface area contributed by atoms with Crippen LogP contribution in [0.1, 0.15) is 5.56 Å². The number of methoxy groups -OCH3 is 1. The van der Waals surface area contributed by atoms with Gasteiger partial charge in [-0.25, -0.2) is 13.4 Å². The lowest BCUT2D eigenvalue weighted by Gasteiger charge is -2.05. The van der Waals surface area contributed by atoms with Gasteiger partial charge in [0.2, 0.25) is 0 Å². The summed E-state index contributed by atoms with van der Waals surface area (Å²) in [4.78, 5) is 4.43. The number of guanidine groups is 1. The first kappa shape index (κ1) is 19.1. The first-order valence-corrected chi connectivity index (χ1v) is 7.64. The molecule has 0 saturated carbocycles. The summed E-state index contributed by atoms with van der Waals surface area (Å²) < 4.78 is 27.4. The number of rotatable bonds is 6. The highest BCUT2D eigenvalue weighted by Gasteiger charge is 2.05. The van der Waals surface area contributed by atoms with Crippen molar-refractivity contribution < 1.29 is 13.2 Å². The molecule has 0 aliphatic heterocycles. The summed E-state index contributed by atoms with van der Waals surface area (Å²) >= 11 is 0. The molecule has 3 N–H and O–H groups in total. The molecular weight excluding hydrogens is 393 g/mol. The van der Waals surface area contributed by atoms with E-state index in [0.29, 0.717) is 30.6 Å². The van der Waals surface area contributed by atoms with Gasteiger partial charge in [-0.3, -0.25) is 0 Å². The molecular formula is C12H20IN3O3S. The number of nitrogens with one attached hydrogen (secondary N) is 1. The fourth-order valence-electron chi connectivity index (χ4n) is 1.36. The van der Waals surface area contributed by atoms with Crippen molar-refractivity contribution in [2.75, 3.05) is 26.5 Å². The van der Waals surface area contributed by atoms with Gasteiger partial charge in [-0.2, -0.15) is 0 Å². The van der Waals surface area contributed by atoms with Gasteiger partial charge in [-0.1, -0.05) is 12.1 Å². The molecule has 0 unspecified atom stereocenters. The Morgan fingerprint density at radius 2 is 1.95 bits per heavy atom. The summed E-state index contributed by atoms with van der Waals surface area (Å²) in [6.07, 6.45) is 1.18. The van der Waals surface area contributed by atoms with E-state index in [9.17, 15) is 8.42 Å². The van der Waals surface area contributed by atoms with Gasteiger partial charge in [0, 0.05) is 19.9 Å².